The number of fused-ring (bicyclic) bond motifs is 1. The van der Waals surface area contributed by atoms with Crippen molar-refractivity contribution in [3.63, 3.8) is 0 Å². The van der Waals surface area contributed by atoms with Crippen LogP contribution in [0.1, 0.15) is 23.6 Å². The molecule has 34 heavy (non-hydrogen) atoms. The molecule has 2 aromatic rings. The minimum atomic E-state index is -3.58. The average molecular weight is 499 g/mol. The Balaban J connectivity index is 1.57. The first-order valence-corrected chi connectivity index (χ1v) is 12.8. The number of amidine groups is 2. The van der Waals surface area contributed by atoms with E-state index in [2.05, 4.69) is 10.1 Å². The molecule has 0 saturated heterocycles. The van der Waals surface area contributed by atoms with E-state index >= 15 is 0 Å². The van der Waals surface area contributed by atoms with Crippen LogP contribution in [-0.4, -0.2) is 47.6 Å². The molecule has 4 rings (SSSR count). The number of nitrogens with one attached hydrogen (secondary N) is 1. The summed E-state index contributed by atoms with van der Waals surface area (Å²) < 4.78 is 35.4. The monoisotopic (exact) mass is 498 g/mol. The Morgan fingerprint density at radius 2 is 1.88 bits per heavy atom. The molecule has 2 aliphatic rings. The summed E-state index contributed by atoms with van der Waals surface area (Å²) in [7, 11) is -2.07. The number of nitrogens with zero attached hydrogens (tertiary/aromatic N) is 3. The molecular weight excluding hydrogens is 476 g/mol. The molecule has 0 saturated carbocycles. The number of benzene rings is 2. The van der Waals surface area contributed by atoms with Gasteiger partial charge >= 0.3 is 0 Å². The first kappa shape index (κ1) is 23.7. The highest BCUT2D eigenvalue weighted by molar-refractivity contribution is 8.42. The average Bonchev–Trinajstić information content (AvgIpc) is 3.27. The number of aryl methyl sites for hydroxylation is 1. The van der Waals surface area contributed by atoms with Gasteiger partial charge in [0, 0.05) is 0 Å². The zero-order chi connectivity index (χ0) is 24.5. The predicted octanol–water partition coefficient (Wildman–Crippen LogP) is 3.59. The summed E-state index contributed by atoms with van der Waals surface area (Å²) in [5.41, 5.74) is 2.75. The number of sulfone groups is 1. The predicted molar refractivity (Wildman–Crippen MR) is 133 cm³/mol. The van der Waals surface area contributed by atoms with Crippen LogP contribution < -0.4 is 9.47 Å². The summed E-state index contributed by atoms with van der Waals surface area (Å²) in [6, 6.07) is 13.2. The quantitative estimate of drug-likeness (QED) is 0.604. The Hall–Kier alpha value is -3.44. The van der Waals surface area contributed by atoms with E-state index in [1.54, 1.807) is 18.2 Å². The van der Waals surface area contributed by atoms with Crippen molar-refractivity contribution in [3.8, 4) is 11.5 Å². The number of amides is 1. The number of hydrazone groups is 1. The number of carbonyl (C=O) groups is 1. The fraction of sp³-hybridized carbons (Fsp3) is 0.217. The van der Waals surface area contributed by atoms with Gasteiger partial charge in [-0.25, -0.2) is 8.42 Å². The second kappa shape index (κ2) is 9.43. The third kappa shape index (κ3) is 4.75. The second-order valence-electron chi connectivity index (χ2n) is 7.47. The van der Waals surface area contributed by atoms with E-state index in [-0.39, 0.29) is 26.7 Å². The van der Waals surface area contributed by atoms with Gasteiger partial charge < -0.3 is 9.47 Å². The van der Waals surface area contributed by atoms with Crippen LogP contribution in [0, 0.1) is 12.3 Å². The van der Waals surface area contributed by atoms with Crippen molar-refractivity contribution in [1.82, 2.24) is 5.01 Å². The van der Waals surface area contributed by atoms with E-state index in [1.165, 1.54) is 25.7 Å². The summed E-state index contributed by atoms with van der Waals surface area (Å²) in [4.78, 5) is 16.5. The number of carbonyl (C=O) groups excluding carboxylic acids is 1. The highest BCUT2D eigenvalue weighted by Crippen LogP contribution is 2.33. The molecule has 2 heterocycles. The molecule has 1 amide bonds. The van der Waals surface area contributed by atoms with Crippen molar-refractivity contribution in [2.24, 2.45) is 10.1 Å². The van der Waals surface area contributed by atoms with Gasteiger partial charge in [-0.05, 0) is 48.0 Å². The van der Waals surface area contributed by atoms with Crippen molar-refractivity contribution >= 4 is 49.0 Å². The zero-order valence-corrected chi connectivity index (χ0v) is 20.4. The highest BCUT2D eigenvalue weighted by Gasteiger charge is 2.39. The zero-order valence-electron chi connectivity index (χ0n) is 18.7. The number of rotatable bonds is 6. The van der Waals surface area contributed by atoms with E-state index in [4.69, 9.17) is 14.9 Å². The number of thioether (sulfide) groups is 1. The fourth-order valence-corrected chi connectivity index (χ4v) is 5.29. The van der Waals surface area contributed by atoms with Gasteiger partial charge in [0.1, 0.15) is 6.61 Å². The van der Waals surface area contributed by atoms with E-state index in [9.17, 15) is 13.2 Å². The summed E-state index contributed by atoms with van der Waals surface area (Å²) in [5.74, 6) is -0.0329. The summed E-state index contributed by atoms with van der Waals surface area (Å²) in [6.07, 6.45) is 1.49. The van der Waals surface area contributed by atoms with Gasteiger partial charge in [0.25, 0.3) is 5.91 Å². The van der Waals surface area contributed by atoms with Crippen LogP contribution in [0.3, 0.4) is 0 Å². The third-order valence-electron chi connectivity index (χ3n) is 5.10. The van der Waals surface area contributed by atoms with Crippen LogP contribution in [0.5, 0.6) is 11.5 Å². The SMILES string of the molecule is CCS(=O)(=O)C1=NN2C(=N)/C(=C/c3ccc(OCc4ccc(C)cc4)c(OC)c3)C(=O)N=C2S1. The molecule has 1 N–H and O–H groups in total. The van der Waals surface area contributed by atoms with Crippen molar-refractivity contribution in [2.75, 3.05) is 12.9 Å². The van der Waals surface area contributed by atoms with E-state index in [0.29, 0.717) is 23.7 Å². The smallest absolute Gasteiger partial charge is 0.283 e. The molecule has 0 aromatic heterocycles. The van der Waals surface area contributed by atoms with Gasteiger partial charge in [-0.3, -0.25) is 10.2 Å². The van der Waals surface area contributed by atoms with Crippen LogP contribution in [0.4, 0.5) is 0 Å². The summed E-state index contributed by atoms with van der Waals surface area (Å²) in [6.45, 7) is 3.89. The molecule has 176 valence electrons. The minimum Gasteiger partial charge on any atom is -0.493 e. The molecule has 0 aliphatic carbocycles. The van der Waals surface area contributed by atoms with Crippen molar-refractivity contribution in [2.45, 2.75) is 20.5 Å². The lowest BCUT2D eigenvalue weighted by molar-refractivity contribution is -0.114. The van der Waals surface area contributed by atoms with Crippen LogP contribution in [0.2, 0.25) is 0 Å². The van der Waals surface area contributed by atoms with Crippen LogP contribution in [-0.2, 0) is 21.2 Å². The molecular formula is C23H22N4O5S2. The first-order valence-electron chi connectivity index (χ1n) is 10.3. The van der Waals surface area contributed by atoms with E-state index in [0.717, 1.165) is 22.3 Å². The normalized spacial score (nSPS) is 16.9. The molecule has 0 fully saturated rings. The molecule has 0 radical (unpaired) electrons. The number of methoxy groups -OCH3 is 1. The molecule has 0 bridgehead atoms. The first-order chi connectivity index (χ1) is 16.2. The standard InChI is InChI=1S/C23H22N4O5S2/c1-4-34(29,30)23-26-27-20(24)17(21(28)25-22(27)33-23)11-16-9-10-18(19(12-16)31-3)32-13-15-7-5-14(2)6-8-15/h5-12,24H,4,13H2,1-3H3/b17-11-,24-20?. The van der Waals surface area contributed by atoms with Crippen molar-refractivity contribution in [1.29, 1.82) is 5.41 Å². The molecule has 2 aromatic carbocycles. The van der Waals surface area contributed by atoms with Gasteiger partial charge in [-0.1, -0.05) is 42.8 Å². The van der Waals surface area contributed by atoms with Crippen molar-refractivity contribution < 1.29 is 22.7 Å². The van der Waals surface area contributed by atoms with Crippen molar-refractivity contribution in [3.05, 3.63) is 64.7 Å². The maximum absolute atomic E-state index is 12.6. The van der Waals surface area contributed by atoms with Crippen LogP contribution >= 0.6 is 11.8 Å². The fourth-order valence-electron chi connectivity index (χ4n) is 3.13. The minimum absolute atomic E-state index is 0.0152. The molecule has 0 unspecified atom stereocenters. The molecule has 0 spiro atoms. The molecule has 9 nitrogen and oxygen atoms in total. The Kier molecular flexibility index (Phi) is 6.58. The van der Waals surface area contributed by atoms with Gasteiger partial charge in [0.2, 0.25) is 19.4 Å². The number of hydrogen-bond donors (Lipinski definition) is 1. The Morgan fingerprint density at radius 3 is 2.56 bits per heavy atom. The van der Waals surface area contributed by atoms with Gasteiger partial charge in [-0.15, -0.1) is 5.10 Å². The lowest BCUT2D eigenvalue weighted by Crippen LogP contribution is -2.35. The van der Waals surface area contributed by atoms with Crippen LogP contribution in [0.15, 0.2) is 58.1 Å². The van der Waals surface area contributed by atoms with E-state index in [1.807, 2.05) is 31.2 Å². The summed E-state index contributed by atoms with van der Waals surface area (Å²) in [5, 5.41) is 13.5. The Bertz CT molecular complexity index is 1360. The van der Waals surface area contributed by atoms with Gasteiger partial charge in [0.15, 0.2) is 17.3 Å². The molecule has 2 aliphatic heterocycles. The van der Waals surface area contributed by atoms with Crippen LogP contribution in [0.25, 0.3) is 6.08 Å². The maximum atomic E-state index is 12.6. The topological polar surface area (TPSA) is 121 Å². The largest absolute Gasteiger partial charge is 0.493 e. The Labute approximate surface area is 201 Å². The number of hydrogen-bond acceptors (Lipinski definition) is 8. The van der Waals surface area contributed by atoms with E-state index < -0.39 is 15.7 Å². The lowest BCUT2D eigenvalue weighted by Gasteiger charge is -2.20. The Morgan fingerprint density at radius 1 is 1.15 bits per heavy atom. The lowest BCUT2D eigenvalue weighted by atomic mass is 10.1. The number of ether oxygens (including phenoxy) is 2. The van der Waals surface area contributed by atoms with Gasteiger partial charge in [-0.2, -0.15) is 10.0 Å². The maximum Gasteiger partial charge on any atom is 0.283 e. The molecule has 11 heteroatoms. The van der Waals surface area contributed by atoms with Gasteiger partial charge in [0.05, 0.1) is 18.4 Å². The number of aliphatic imine (C=N–C) groups is 1. The third-order valence-corrected chi connectivity index (χ3v) is 8.18. The highest BCUT2D eigenvalue weighted by atomic mass is 32.3. The molecule has 0 atom stereocenters. The second-order valence-corrected chi connectivity index (χ2v) is 10.9. The summed E-state index contributed by atoms with van der Waals surface area (Å²) >= 11 is 0.767.